The summed E-state index contributed by atoms with van der Waals surface area (Å²) in [5, 5.41) is 0. The summed E-state index contributed by atoms with van der Waals surface area (Å²) in [7, 11) is 1.64. The molecule has 0 radical (unpaired) electrons. The lowest BCUT2D eigenvalue weighted by molar-refractivity contribution is -0.134. The minimum absolute atomic E-state index is 0. The number of nitrogens with two attached hydrogens (primary N) is 1. The van der Waals surface area contributed by atoms with Gasteiger partial charge in [-0.15, -0.1) is 12.4 Å². The van der Waals surface area contributed by atoms with E-state index in [-0.39, 0.29) is 24.2 Å². The van der Waals surface area contributed by atoms with Crippen LogP contribution in [0.3, 0.4) is 0 Å². The molecular formula is C16H25ClN2O2. The summed E-state index contributed by atoms with van der Waals surface area (Å²) < 4.78 is 5.19. The molecule has 1 aromatic carbocycles. The molecule has 0 spiro atoms. The molecule has 0 heterocycles. The Balaban J connectivity index is 0.00000220. The second kappa shape index (κ2) is 7.14. The maximum Gasteiger partial charge on any atom is 0.233 e. The third-order valence-electron chi connectivity index (χ3n) is 4.43. The number of benzene rings is 1. The van der Waals surface area contributed by atoms with Crippen molar-refractivity contribution in [3.05, 3.63) is 29.8 Å². The average molecular weight is 313 g/mol. The number of hydrogen-bond acceptors (Lipinski definition) is 3. The molecule has 0 unspecified atom stereocenters. The zero-order chi connectivity index (χ0) is 14.8. The fourth-order valence-electron chi connectivity index (χ4n) is 3.03. The molecule has 0 saturated heterocycles. The highest BCUT2D eigenvalue weighted by atomic mass is 35.5. The molecule has 1 saturated carbocycles. The van der Waals surface area contributed by atoms with Crippen LogP contribution in [0.15, 0.2) is 24.3 Å². The van der Waals surface area contributed by atoms with Gasteiger partial charge in [-0.25, -0.2) is 0 Å². The minimum Gasteiger partial charge on any atom is -0.497 e. The predicted octanol–water partition coefficient (Wildman–Crippen LogP) is 2.20. The number of carbonyl (C=O) groups excluding carboxylic acids is 1. The van der Waals surface area contributed by atoms with Crippen LogP contribution in [0, 0.1) is 5.92 Å². The molecule has 0 aromatic heterocycles. The zero-order valence-corrected chi connectivity index (χ0v) is 13.8. The van der Waals surface area contributed by atoms with Crippen molar-refractivity contribution in [2.45, 2.75) is 25.7 Å². The van der Waals surface area contributed by atoms with E-state index in [1.165, 1.54) is 0 Å². The Kier molecular flexibility index (Phi) is 6.05. The third kappa shape index (κ3) is 3.01. The third-order valence-corrected chi connectivity index (χ3v) is 4.43. The van der Waals surface area contributed by atoms with Gasteiger partial charge in [0.2, 0.25) is 5.91 Å². The number of nitrogens with zero attached hydrogens (tertiary/aromatic N) is 1. The normalized spacial score (nSPS) is 23.1. The Morgan fingerprint density at radius 2 is 1.90 bits per heavy atom. The Bertz CT molecular complexity index is 474. The van der Waals surface area contributed by atoms with Gasteiger partial charge in [-0.05, 0) is 50.4 Å². The standard InChI is InChI=1S/C16H24N2O2.ClH/c1-4-18(5-2)15(19)16(10-13(16)11-17)12-6-8-14(20-3)9-7-12;/h6-9,13H,4-5,10-11,17H2,1-3H3;1H/t13-,16+;/m0./s1. The van der Waals surface area contributed by atoms with Gasteiger partial charge in [0.25, 0.3) is 0 Å². The van der Waals surface area contributed by atoms with Crippen LogP contribution in [-0.2, 0) is 10.2 Å². The van der Waals surface area contributed by atoms with Crippen LogP contribution in [0.5, 0.6) is 5.75 Å². The van der Waals surface area contributed by atoms with Gasteiger partial charge < -0.3 is 15.4 Å². The van der Waals surface area contributed by atoms with Crippen molar-refractivity contribution in [2.24, 2.45) is 11.7 Å². The van der Waals surface area contributed by atoms with Gasteiger partial charge in [0, 0.05) is 13.1 Å². The smallest absolute Gasteiger partial charge is 0.233 e. The minimum atomic E-state index is -0.410. The lowest BCUT2D eigenvalue weighted by atomic mass is 9.91. The lowest BCUT2D eigenvalue weighted by Gasteiger charge is -2.26. The Hall–Kier alpha value is -1.26. The largest absolute Gasteiger partial charge is 0.497 e. The van der Waals surface area contributed by atoms with Gasteiger partial charge in [-0.2, -0.15) is 0 Å². The molecule has 5 heteroatoms. The van der Waals surface area contributed by atoms with Gasteiger partial charge in [0.1, 0.15) is 5.75 Å². The van der Waals surface area contributed by atoms with Crippen LogP contribution in [0.1, 0.15) is 25.8 Å². The molecule has 0 aliphatic heterocycles. The maximum absolute atomic E-state index is 12.9. The molecule has 1 aliphatic carbocycles. The number of hydrogen-bond donors (Lipinski definition) is 1. The summed E-state index contributed by atoms with van der Waals surface area (Å²) in [6.45, 7) is 6.07. The van der Waals surface area contributed by atoms with E-state index in [9.17, 15) is 4.79 Å². The highest BCUT2D eigenvalue weighted by Gasteiger charge is 2.61. The number of halogens is 1. The molecule has 1 amide bonds. The fraction of sp³-hybridized carbons (Fsp3) is 0.562. The van der Waals surface area contributed by atoms with Gasteiger partial charge in [-0.1, -0.05) is 12.1 Å². The van der Waals surface area contributed by atoms with Crippen molar-refractivity contribution in [2.75, 3.05) is 26.7 Å². The Morgan fingerprint density at radius 3 is 2.29 bits per heavy atom. The summed E-state index contributed by atoms with van der Waals surface area (Å²) in [6.07, 6.45) is 0.852. The first kappa shape index (κ1) is 17.8. The van der Waals surface area contributed by atoms with Crippen LogP contribution in [-0.4, -0.2) is 37.6 Å². The van der Waals surface area contributed by atoms with E-state index in [1.54, 1.807) is 7.11 Å². The Labute approximate surface area is 133 Å². The van der Waals surface area contributed by atoms with Gasteiger partial charge in [0.05, 0.1) is 12.5 Å². The molecule has 1 aromatic rings. The van der Waals surface area contributed by atoms with Gasteiger partial charge in [0.15, 0.2) is 0 Å². The number of ether oxygens (including phenoxy) is 1. The van der Waals surface area contributed by atoms with Crippen LogP contribution in [0.4, 0.5) is 0 Å². The first-order valence-corrected chi connectivity index (χ1v) is 7.28. The highest BCUT2D eigenvalue weighted by molar-refractivity contribution is 5.92. The van der Waals surface area contributed by atoms with Crippen molar-refractivity contribution in [1.29, 1.82) is 0 Å². The molecule has 2 atom stereocenters. The number of carbonyl (C=O) groups is 1. The average Bonchev–Trinajstić information content (AvgIpc) is 3.24. The van der Waals surface area contributed by atoms with Gasteiger partial charge >= 0.3 is 0 Å². The summed E-state index contributed by atoms with van der Waals surface area (Å²) >= 11 is 0. The topological polar surface area (TPSA) is 55.6 Å². The van der Waals surface area contributed by atoms with Crippen molar-refractivity contribution >= 4 is 18.3 Å². The van der Waals surface area contributed by atoms with Crippen molar-refractivity contribution < 1.29 is 9.53 Å². The predicted molar refractivity (Wildman–Crippen MR) is 87.0 cm³/mol. The molecule has 2 rings (SSSR count). The number of rotatable bonds is 6. The monoisotopic (exact) mass is 312 g/mol. The SMILES string of the molecule is CCN(CC)C(=O)[C@@]1(c2ccc(OC)cc2)C[C@H]1CN.Cl. The number of methoxy groups -OCH3 is 1. The van der Waals surface area contributed by atoms with E-state index in [4.69, 9.17) is 10.5 Å². The molecule has 1 aliphatic rings. The van der Waals surface area contributed by atoms with Crippen LogP contribution >= 0.6 is 12.4 Å². The molecule has 4 nitrogen and oxygen atoms in total. The van der Waals surface area contributed by atoms with Crippen molar-refractivity contribution in [3.63, 3.8) is 0 Å². The van der Waals surface area contributed by atoms with E-state index in [0.29, 0.717) is 6.54 Å². The van der Waals surface area contributed by atoms with E-state index >= 15 is 0 Å². The van der Waals surface area contributed by atoms with E-state index in [0.717, 1.165) is 30.8 Å². The highest BCUT2D eigenvalue weighted by Crippen LogP contribution is 2.55. The molecule has 1 fully saturated rings. The first-order valence-electron chi connectivity index (χ1n) is 7.28. The second-order valence-corrected chi connectivity index (χ2v) is 5.31. The summed E-state index contributed by atoms with van der Waals surface area (Å²) in [4.78, 5) is 14.8. The first-order chi connectivity index (χ1) is 9.63. The molecule has 2 N–H and O–H groups in total. The van der Waals surface area contributed by atoms with Crippen LogP contribution in [0.25, 0.3) is 0 Å². The maximum atomic E-state index is 12.9. The van der Waals surface area contributed by atoms with E-state index < -0.39 is 5.41 Å². The Morgan fingerprint density at radius 1 is 1.33 bits per heavy atom. The lowest BCUT2D eigenvalue weighted by Crippen LogP contribution is -2.40. The fourth-order valence-corrected chi connectivity index (χ4v) is 3.03. The molecule has 118 valence electrons. The molecule has 0 bridgehead atoms. The summed E-state index contributed by atoms with van der Waals surface area (Å²) in [6, 6.07) is 7.82. The van der Waals surface area contributed by atoms with Crippen LogP contribution in [0.2, 0.25) is 0 Å². The van der Waals surface area contributed by atoms with E-state index in [1.807, 2.05) is 43.0 Å². The van der Waals surface area contributed by atoms with Crippen molar-refractivity contribution in [1.82, 2.24) is 4.90 Å². The molecular weight excluding hydrogens is 288 g/mol. The van der Waals surface area contributed by atoms with Crippen LogP contribution < -0.4 is 10.5 Å². The van der Waals surface area contributed by atoms with Crippen molar-refractivity contribution in [3.8, 4) is 5.75 Å². The summed E-state index contributed by atoms with van der Waals surface area (Å²) in [5.41, 5.74) is 6.48. The zero-order valence-electron chi connectivity index (χ0n) is 13.0. The second-order valence-electron chi connectivity index (χ2n) is 5.31. The van der Waals surface area contributed by atoms with E-state index in [2.05, 4.69) is 0 Å². The number of likely N-dealkylation sites (N-methyl/N-ethyl adjacent to an activating group) is 1. The van der Waals surface area contributed by atoms with Gasteiger partial charge in [-0.3, -0.25) is 4.79 Å². The quantitative estimate of drug-likeness (QED) is 0.876. The number of amides is 1. The summed E-state index contributed by atoms with van der Waals surface area (Å²) in [5.74, 6) is 1.27. The molecule has 21 heavy (non-hydrogen) atoms.